The van der Waals surface area contributed by atoms with Crippen LogP contribution in [0.2, 0.25) is 15.1 Å². The third-order valence-electron chi connectivity index (χ3n) is 3.34. The van der Waals surface area contributed by atoms with E-state index in [9.17, 15) is 0 Å². The number of hydrogen-bond acceptors (Lipinski definition) is 5. The highest BCUT2D eigenvalue weighted by Crippen LogP contribution is 2.36. The summed E-state index contributed by atoms with van der Waals surface area (Å²) in [4.78, 5) is 0. The Morgan fingerprint density at radius 2 is 2.04 bits per heavy atom. The molecular weight excluding hydrogens is 419 g/mol. The van der Waals surface area contributed by atoms with Gasteiger partial charge in [0.05, 0.1) is 16.3 Å². The summed E-state index contributed by atoms with van der Waals surface area (Å²) in [6.07, 6.45) is 2.25. The lowest BCUT2D eigenvalue weighted by Gasteiger charge is -2.08. The summed E-state index contributed by atoms with van der Waals surface area (Å²) < 4.78 is 13.2. The second-order valence-electron chi connectivity index (χ2n) is 5.15. The maximum atomic E-state index is 6.09. The second-order valence-corrected chi connectivity index (χ2v) is 6.78. The Hall–Kier alpha value is -1.80. The normalized spacial score (nSPS) is 11.4. The molecule has 0 amide bonds. The molecule has 0 aliphatic carbocycles. The fourth-order valence-corrected chi connectivity index (χ4v) is 3.26. The van der Waals surface area contributed by atoms with Crippen LogP contribution in [0.3, 0.4) is 0 Å². The maximum Gasteiger partial charge on any atom is 0.216 e. The number of benzene rings is 1. The SMILES string of the molecule is CCc1n[nH]c(=S)n1/N=C\c1ccc(COc2c(Cl)cc(Cl)cc2Cl)o1. The van der Waals surface area contributed by atoms with Gasteiger partial charge in [-0.15, -0.1) is 0 Å². The monoisotopic (exact) mass is 430 g/mol. The quantitative estimate of drug-likeness (QED) is 0.412. The van der Waals surface area contributed by atoms with Crippen LogP contribution in [0, 0.1) is 4.77 Å². The molecule has 0 bridgehead atoms. The minimum Gasteiger partial charge on any atom is -0.483 e. The lowest BCUT2D eigenvalue weighted by atomic mass is 10.3. The number of aromatic nitrogens is 3. The van der Waals surface area contributed by atoms with Gasteiger partial charge in [0.2, 0.25) is 4.77 Å². The molecular formula is C16H13Cl3N4O2S. The molecule has 3 rings (SSSR count). The second kappa shape index (κ2) is 8.26. The molecule has 0 aliphatic rings. The van der Waals surface area contributed by atoms with E-state index in [2.05, 4.69) is 15.3 Å². The number of halogens is 3. The van der Waals surface area contributed by atoms with Crippen molar-refractivity contribution < 1.29 is 9.15 Å². The van der Waals surface area contributed by atoms with Gasteiger partial charge in [0.15, 0.2) is 11.6 Å². The summed E-state index contributed by atoms with van der Waals surface area (Å²) in [6, 6.07) is 6.66. The van der Waals surface area contributed by atoms with Crippen LogP contribution in [0.4, 0.5) is 0 Å². The summed E-state index contributed by atoms with van der Waals surface area (Å²) in [6.45, 7) is 2.12. The van der Waals surface area contributed by atoms with Crippen LogP contribution in [0.5, 0.6) is 5.75 Å². The molecule has 0 radical (unpaired) electrons. The minimum absolute atomic E-state index is 0.153. The van der Waals surface area contributed by atoms with Gasteiger partial charge in [0.1, 0.15) is 18.1 Å². The molecule has 1 aromatic carbocycles. The zero-order chi connectivity index (χ0) is 18.7. The van der Waals surface area contributed by atoms with Crippen molar-refractivity contribution in [2.24, 2.45) is 5.10 Å². The number of ether oxygens (including phenoxy) is 1. The molecule has 2 aromatic heterocycles. The van der Waals surface area contributed by atoms with Crippen LogP contribution in [0.25, 0.3) is 0 Å². The topological polar surface area (TPSA) is 68.3 Å². The molecule has 3 aromatic rings. The minimum atomic E-state index is 0.153. The van der Waals surface area contributed by atoms with Gasteiger partial charge < -0.3 is 9.15 Å². The number of nitrogens with one attached hydrogen (secondary N) is 1. The summed E-state index contributed by atoms with van der Waals surface area (Å²) in [5, 5.41) is 12.2. The van der Waals surface area contributed by atoms with E-state index in [-0.39, 0.29) is 6.61 Å². The predicted octanol–water partition coefficient (Wildman–Crippen LogP) is 5.52. The van der Waals surface area contributed by atoms with Crippen molar-refractivity contribution in [3.05, 3.63) is 61.4 Å². The molecule has 136 valence electrons. The maximum absolute atomic E-state index is 6.09. The van der Waals surface area contributed by atoms with Gasteiger partial charge in [-0.05, 0) is 36.5 Å². The van der Waals surface area contributed by atoms with Gasteiger partial charge in [0, 0.05) is 11.4 Å². The molecule has 0 saturated carbocycles. The number of H-pyrrole nitrogens is 1. The van der Waals surface area contributed by atoms with E-state index >= 15 is 0 Å². The van der Waals surface area contributed by atoms with E-state index in [0.717, 1.165) is 5.82 Å². The average molecular weight is 432 g/mol. The highest BCUT2D eigenvalue weighted by molar-refractivity contribution is 7.71. The molecule has 10 heteroatoms. The number of aryl methyl sites for hydroxylation is 1. The van der Waals surface area contributed by atoms with Gasteiger partial charge in [-0.1, -0.05) is 41.7 Å². The smallest absolute Gasteiger partial charge is 0.216 e. The molecule has 1 N–H and O–H groups in total. The lowest BCUT2D eigenvalue weighted by Crippen LogP contribution is -1.97. The van der Waals surface area contributed by atoms with Crippen molar-refractivity contribution in [1.29, 1.82) is 0 Å². The lowest BCUT2D eigenvalue weighted by molar-refractivity contribution is 0.270. The molecule has 6 nitrogen and oxygen atoms in total. The van der Waals surface area contributed by atoms with Gasteiger partial charge in [-0.25, -0.2) is 0 Å². The highest BCUT2D eigenvalue weighted by Gasteiger charge is 2.11. The van der Waals surface area contributed by atoms with Gasteiger partial charge in [-0.2, -0.15) is 14.9 Å². The molecule has 0 fully saturated rings. The van der Waals surface area contributed by atoms with Gasteiger partial charge >= 0.3 is 0 Å². The largest absolute Gasteiger partial charge is 0.483 e. The Morgan fingerprint density at radius 3 is 2.73 bits per heavy atom. The van der Waals surface area contributed by atoms with Crippen molar-refractivity contribution >= 4 is 53.2 Å². The molecule has 0 spiro atoms. The van der Waals surface area contributed by atoms with Crippen molar-refractivity contribution in [2.45, 2.75) is 20.0 Å². The van der Waals surface area contributed by atoms with E-state index < -0.39 is 0 Å². The number of aromatic amines is 1. The van der Waals surface area contributed by atoms with Crippen molar-refractivity contribution in [3.8, 4) is 5.75 Å². The summed E-state index contributed by atoms with van der Waals surface area (Å²) in [5.41, 5.74) is 0. The molecule has 0 aliphatic heterocycles. The summed E-state index contributed by atoms with van der Waals surface area (Å²) >= 11 is 23.2. The molecule has 2 heterocycles. The zero-order valence-electron chi connectivity index (χ0n) is 13.5. The fraction of sp³-hybridized carbons (Fsp3) is 0.188. The molecule has 0 atom stereocenters. The van der Waals surface area contributed by atoms with E-state index in [1.165, 1.54) is 0 Å². The van der Waals surface area contributed by atoms with Crippen molar-refractivity contribution in [1.82, 2.24) is 14.9 Å². The van der Waals surface area contributed by atoms with Crippen LogP contribution in [-0.4, -0.2) is 21.1 Å². The van der Waals surface area contributed by atoms with Crippen LogP contribution < -0.4 is 4.74 Å². The van der Waals surface area contributed by atoms with E-state index in [4.69, 9.17) is 56.2 Å². The third kappa shape index (κ3) is 4.29. The Bertz CT molecular complexity index is 986. The van der Waals surface area contributed by atoms with Crippen molar-refractivity contribution in [2.75, 3.05) is 0 Å². The zero-order valence-corrected chi connectivity index (χ0v) is 16.6. The number of nitrogens with zero attached hydrogens (tertiary/aromatic N) is 3. The number of hydrogen-bond donors (Lipinski definition) is 1. The summed E-state index contributed by atoms with van der Waals surface area (Å²) in [5.74, 6) is 2.21. The molecule has 26 heavy (non-hydrogen) atoms. The third-order valence-corrected chi connectivity index (χ3v) is 4.38. The first-order chi connectivity index (χ1) is 12.5. The van der Waals surface area contributed by atoms with Crippen LogP contribution in [-0.2, 0) is 13.0 Å². The van der Waals surface area contributed by atoms with E-state index in [1.807, 2.05) is 6.92 Å². The Kier molecular flexibility index (Phi) is 6.03. The molecule has 0 unspecified atom stereocenters. The first-order valence-electron chi connectivity index (χ1n) is 7.54. The Labute approximate surface area is 169 Å². The van der Waals surface area contributed by atoms with Crippen LogP contribution in [0.1, 0.15) is 24.3 Å². The number of rotatable bonds is 6. The Balaban J connectivity index is 1.70. The first kappa shape index (κ1) is 19.0. The van der Waals surface area contributed by atoms with E-state index in [0.29, 0.717) is 43.5 Å². The van der Waals surface area contributed by atoms with Gasteiger partial charge in [-0.3, -0.25) is 5.10 Å². The average Bonchev–Trinajstić information content (AvgIpc) is 3.18. The predicted molar refractivity (Wildman–Crippen MR) is 104 cm³/mol. The Morgan fingerprint density at radius 1 is 1.31 bits per heavy atom. The van der Waals surface area contributed by atoms with Crippen LogP contribution in [0.15, 0.2) is 33.8 Å². The molecule has 0 saturated heterocycles. The van der Waals surface area contributed by atoms with Crippen molar-refractivity contribution in [3.63, 3.8) is 0 Å². The first-order valence-corrected chi connectivity index (χ1v) is 9.09. The van der Waals surface area contributed by atoms with Gasteiger partial charge in [0.25, 0.3) is 0 Å². The standard InChI is InChI=1S/C16H13Cl3N4O2S/c1-2-14-21-22-16(26)23(14)20-7-10-3-4-11(25-10)8-24-15-12(18)5-9(17)6-13(15)19/h3-7H,2,8H2,1H3,(H,22,26)/b20-7-. The fourth-order valence-electron chi connectivity index (χ4n) is 2.14. The number of furan rings is 1. The van der Waals surface area contributed by atoms with E-state index in [1.54, 1.807) is 35.2 Å². The summed E-state index contributed by atoms with van der Waals surface area (Å²) in [7, 11) is 0. The highest BCUT2D eigenvalue weighted by atomic mass is 35.5. The van der Waals surface area contributed by atoms with Crippen LogP contribution >= 0.6 is 47.0 Å².